The van der Waals surface area contributed by atoms with Gasteiger partial charge in [-0.1, -0.05) is 35.7 Å². The summed E-state index contributed by atoms with van der Waals surface area (Å²) in [7, 11) is -1.46. The highest BCUT2D eigenvalue weighted by Crippen LogP contribution is 2.62. The predicted octanol–water partition coefficient (Wildman–Crippen LogP) is 2.26. The number of rotatable bonds is 4. The molecule has 1 aromatic carbocycles. The maximum absolute atomic E-state index is 12.3. The van der Waals surface area contributed by atoms with Crippen LogP contribution in [0.25, 0.3) is 0 Å². The molecule has 1 N–H and O–H groups in total. The van der Waals surface area contributed by atoms with Crippen molar-refractivity contribution in [2.45, 2.75) is 12.3 Å². The van der Waals surface area contributed by atoms with Gasteiger partial charge in [-0.3, -0.25) is 4.57 Å². The minimum absolute atomic E-state index is 0.303. The largest absolute Gasteiger partial charge is 0.378 e. The summed E-state index contributed by atoms with van der Waals surface area (Å²) in [6.45, 7) is 1.89. The summed E-state index contributed by atoms with van der Waals surface area (Å²) in [6, 6.07) is 6.71. The van der Waals surface area contributed by atoms with Crippen molar-refractivity contribution in [2.75, 3.05) is 14.2 Å². The molecule has 1 atom stereocenters. The van der Waals surface area contributed by atoms with Gasteiger partial charge in [0.05, 0.1) is 0 Å². The fraction of sp³-hybridized carbons (Fsp3) is 0.333. The van der Waals surface area contributed by atoms with E-state index in [0.29, 0.717) is 5.56 Å². The van der Waals surface area contributed by atoms with Gasteiger partial charge in [-0.15, -0.1) is 6.42 Å². The first-order chi connectivity index (χ1) is 7.93. The quantitative estimate of drug-likeness (QED) is 0.661. The van der Waals surface area contributed by atoms with Crippen LogP contribution in [-0.4, -0.2) is 19.3 Å². The van der Waals surface area contributed by atoms with Gasteiger partial charge in [-0.05, 0) is 6.92 Å². The van der Waals surface area contributed by atoms with Crippen LogP contribution in [0.5, 0.6) is 0 Å². The van der Waals surface area contributed by atoms with E-state index in [1.165, 1.54) is 14.2 Å². The fourth-order valence-corrected chi connectivity index (χ4v) is 2.75. The standard InChI is InChI=1S/C12H15O4P/c1-5-12(13,17(14,15-3)16-4)11-8-6-10(2)7-9-11/h1,6-9,13H,2-4H3. The first-order valence-electron chi connectivity index (χ1n) is 4.92. The Kier molecular flexibility index (Phi) is 4.13. The van der Waals surface area contributed by atoms with Gasteiger partial charge < -0.3 is 14.2 Å². The van der Waals surface area contributed by atoms with Crippen molar-refractivity contribution >= 4 is 7.60 Å². The zero-order valence-electron chi connectivity index (χ0n) is 10.0. The van der Waals surface area contributed by atoms with Crippen LogP contribution in [0.1, 0.15) is 11.1 Å². The first-order valence-corrected chi connectivity index (χ1v) is 6.46. The number of benzene rings is 1. The minimum Gasteiger partial charge on any atom is -0.364 e. The first kappa shape index (κ1) is 14.0. The van der Waals surface area contributed by atoms with Crippen molar-refractivity contribution in [3.63, 3.8) is 0 Å². The van der Waals surface area contributed by atoms with E-state index >= 15 is 0 Å². The summed E-state index contributed by atoms with van der Waals surface area (Å²) in [6.07, 6.45) is 5.28. The topological polar surface area (TPSA) is 55.8 Å². The molecule has 0 bridgehead atoms. The smallest absolute Gasteiger partial charge is 0.364 e. The van der Waals surface area contributed by atoms with Crippen LogP contribution < -0.4 is 0 Å². The maximum Gasteiger partial charge on any atom is 0.378 e. The van der Waals surface area contributed by atoms with Crippen molar-refractivity contribution in [3.8, 4) is 12.3 Å². The molecule has 92 valence electrons. The molecule has 0 aromatic heterocycles. The Morgan fingerprint density at radius 1 is 1.29 bits per heavy atom. The number of hydrogen-bond donors (Lipinski definition) is 1. The maximum atomic E-state index is 12.3. The average Bonchev–Trinajstić information content (AvgIpc) is 2.37. The molecular formula is C12H15O4P. The lowest BCUT2D eigenvalue weighted by atomic mass is 10.1. The third-order valence-electron chi connectivity index (χ3n) is 2.53. The number of terminal acetylenes is 1. The Bertz CT molecular complexity index is 466. The van der Waals surface area contributed by atoms with Gasteiger partial charge in [0.1, 0.15) is 0 Å². The van der Waals surface area contributed by atoms with Crippen molar-refractivity contribution in [1.82, 2.24) is 0 Å². The second-order valence-corrected chi connectivity index (χ2v) is 5.92. The van der Waals surface area contributed by atoms with E-state index in [2.05, 4.69) is 5.92 Å². The van der Waals surface area contributed by atoms with Gasteiger partial charge in [-0.25, -0.2) is 0 Å². The molecule has 1 unspecified atom stereocenters. The molecule has 0 spiro atoms. The van der Waals surface area contributed by atoms with Crippen molar-refractivity contribution in [1.29, 1.82) is 0 Å². The van der Waals surface area contributed by atoms with Gasteiger partial charge in [0.15, 0.2) is 0 Å². The second kappa shape index (κ2) is 5.03. The summed E-state index contributed by atoms with van der Waals surface area (Å²) in [5.74, 6) is 2.10. The van der Waals surface area contributed by atoms with Crippen LogP contribution in [0.3, 0.4) is 0 Å². The van der Waals surface area contributed by atoms with Gasteiger partial charge in [0.2, 0.25) is 0 Å². The molecule has 0 heterocycles. The van der Waals surface area contributed by atoms with E-state index in [9.17, 15) is 9.67 Å². The zero-order chi connectivity index (χ0) is 13.1. The van der Waals surface area contributed by atoms with E-state index in [1.54, 1.807) is 24.3 Å². The molecule has 0 aliphatic heterocycles. The Hall–Kier alpha value is -1.11. The molecule has 0 aliphatic carbocycles. The highest BCUT2D eigenvalue weighted by atomic mass is 31.2. The van der Waals surface area contributed by atoms with Gasteiger partial charge >= 0.3 is 7.60 Å². The number of aryl methyl sites for hydroxylation is 1. The third-order valence-corrected chi connectivity index (χ3v) is 4.67. The Morgan fingerprint density at radius 2 is 1.76 bits per heavy atom. The Labute approximate surface area is 101 Å². The normalized spacial score (nSPS) is 15.0. The Morgan fingerprint density at radius 3 is 2.12 bits per heavy atom. The lowest BCUT2D eigenvalue weighted by molar-refractivity contribution is 0.125. The van der Waals surface area contributed by atoms with Crippen LogP contribution in [0.15, 0.2) is 24.3 Å². The fourth-order valence-electron chi connectivity index (χ4n) is 1.45. The van der Waals surface area contributed by atoms with E-state index in [-0.39, 0.29) is 0 Å². The molecule has 17 heavy (non-hydrogen) atoms. The van der Waals surface area contributed by atoms with E-state index in [1.807, 2.05) is 6.92 Å². The lowest BCUT2D eigenvalue weighted by Crippen LogP contribution is -2.25. The minimum atomic E-state index is -3.82. The third kappa shape index (κ3) is 2.29. The summed E-state index contributed by atoms with van der Waals surface area (Å²) in [5.41, 5.74) is 1.30. The molecule has 1 aromatic rings. The van der Waals surface area contributed by atoms with Crippen LogP contribution in [0, 0.1) is 19.3 Å². The van der Waals surface area contributed by atoms with Crippen LogP contribution in [-0.2, 0) is 19.0 Å². The lowest BCUT2D eigenvalue weighted by Gasteiger charge is -2.28. The van der Waals surface area contributed by atoms with Gasteiger partial charge in [0.25, 0.3) is 5.34 Å². The van der Waals surface area contributed by atoms with Crippen LogP contribution >= 0.6 is 7.60 Å². The van der Waals surface area contributed by atoms with Gasteiger partial charge in [0, 0.05) is 19.8 Å². The molecule has 0 fully saturated rings. The molecule has 0 amide bonds. The SMILES string of the molecule is C#CC(O)(c1ccc(C)cc1)P(=O)(OC)OC. The van der Waals surface area contributed by atoms with Crippen molar-refractivity contribution < 1.29 is 18.7 Å². The number of hydrogen-bond acceptors (Lipinski definition) is 4. The number of aliphatic hydroxyl groups is 1. The molecule has 0 saturated carbocycles. The van der Waals surface area contributed by atoms with Gasteiger partial charge in [-0.2, -0.15) is 0 Å². The summed E-state index contributed by atoms with van der Waals surface area (Å²) < 4.78 is 21.8. The van der Waals surface area contributed by atoms with E-state index in [0.717, 1.165) is 5.56 Å². The molecular weight excluding hydrogens is 239 g/mol. The van der Waals surface area contributed by atoms with Crippen molar-refractivity contribution in [3.05, 3.63) is 35.4 Å². The molecule has 0 aliphatic rings. The zero-order valence-corrected chi connectivity index (χ0v) is 10.9. The Balaban J connectivity index is 3.36. The second-order valence-electron chi connectivity index (χ2n) is 3.55. The molecule has 5 heteroatoms. The van der Waals surface area contributed by atoms with E-state index in [4.69, 9.17) is 15.5 Å². The molecule has 4 nitrogen and oxygen atoms in total. The highest BCUT2D eigenvalue weighted by molar-refractivity contribution is 7.55. The summed E-state index contributed by atoms with van der Waals surface area (Å²) in [5, 5.41) is 8.27. The molecule has 0 saturated heterocycles. The van der Waals surface area contributed by atoms with Crippen molar-refractivity contribution in [2.24, 2.45) is 0 Å². The van der Waals surface area contributed by atoms with E-state index < -0.39 is 12.9 Å². The molecule has 0 radical (unpaired) electrons. The van der Waals surface area contributed by atoms with Crippen LogP contribution in [0.2, 0.25) is 0 Å². The molecule has 1 rings (SSSR count). The summed E-state index contributed by atoms with van der Waals surface area (Å²) in [4.78, 5) is 0. The predicted molar refractivity (Wildman–Crippen MR) is 65.5 cm³/mol. The average molecular weight is 254 g/mol. The van der Waals surface area contributed by atoms with Crippen LogP contribution in [0.4, 0.5) is 0 Å². The summed E-state index contributed by atoms with van der Waals surface area (Å²) >= 11 is 0. The highest BCUT2D eigenvalue weighted by Gasteiger charge is 2.49. The monoisotopic (exact) mass is 254 g/mol.